The molecule has 90 valence electrons. The molecule has 3 N–H and O–H groups in total. The zero-order valence-electron chi connectivity index (χ0n) is 10.2. The number of hydrogen-bond donors (Lipinski definition) is 2. The number of rotatable bonds is 7. The molecule has 0 heterocycles. The van der Waals surface area contributed by atoms with Gasteiger partial charge >= 0.3 is 0 Å². The van der Waals surface area contributed by atoms with E-state index in [1.165, 1.54) is 12.8 Å². The SMILES string of the molecule is CCCCC(N)CNc1ccc(OC)cc1. The maximum Gasteiger partial charge on any atom is 0.119 e. The number of nitrogens with one attached hydrogen (secondary N) is 1. The summed E-state index contributed by atoms with van der Waals surface area (Å²) in [5.41, 5.74) is 7.07. The van der Waals surface area contributed by atoms with Crippen molar-refractivity contribution in [2.24, 2.45) is 5.73 Å². The zero-order valence-corrected chi connectivity index (χ0v) is 10.2. The van der Waals surface area contributed by atoms with Crippen molar-refractivity contribution >= 4 is 5.69 Å². The summed E-state index contributed by atoms with van der Waals surface area (Å²) in [7, 11) is 1.67. The van der Waals surface area contributed by atoms with Gasteiger partial charge in [0.05, 0.1) is 7.11 Å². The van der Waals surface area contributed by atoms with E-state index < -0.39 is 0 Å². The molecule has 0 saturated heterocycles. The van der Waals surface area contributed by atoms with Crippen LogP contribution in [0.2, 0.25) is 0 Å². The van der Waals surface area contributed by atoms with Crippen LogP contribution in [0.4, 0.5) is 5.69 Å². The molecule has 0 fully saturated rings. The standard InChI is InChI=1S/C13H22N2O/c1-3-4-5-11(14)10-15-12-6-8-13(16-2)9-7-12/h6-9,11,15H,3-5,10,14H2,1-2H3. The highest BCUT2D eigenvalue weighted by atomic mass is 16.5. The second-order valence-electron chi connectivity index (χ2n) is 4.01. The van der Waals surface area contributed by atoms with Gasteiger partial charge in [-0.3, -0.25) is 0 Å². The fourth-order valence-electron chi connectivity index (χ4n) is 1.53. The molecule has 1 aromatic rings. The fraction of sp³-hybridized carbons (Fsp3) is 0.538. The van der Waals surface area contributed by atoms with E-state index in [-0.39, 0.29) is 6.04 Å². The molecule has 0 saturated carbocycles. The summed E-state index contributed by atoms with van der Waals surface area (Å²) in [6, 6.07) is 8.14. The second kappa shape index (κ2) is 7.12. The maximum absolute atomic E-state index is 5.98. The van der Waals surface area contributed by atoms with Crippen LogP contribution in [-0.2, 0) is 0 Å². The summed E-state index contributed by atoms with van der Waals surface area (Å²) in [6.45, 7) is 3.01. The Morgan fingerprint density at radius 2 is 2.00 bits per heavy atom. The van der Waals surface area contributed by atoms with Crippen LogP contribution in [0.3, 0.4) is 0 Å². The van der Waals surface area contributed by atoms with Crippen LogP contribution in [0.1, 0.15) is 26.2 Å². The summed E-state index contributed by atoms with van der Waals surface area (Å²) in [5.74, 6) is 0.876. The van der Waals surface area contributed by atoms with Crippen LogP contribution >= 0.6 is 0 Å². The minimum absolute atomic E-state index is 0.238. The second-order valence-corrected chi connectivity index (χ2v) is 4.01. The summed E-state index contributed by atoms with van der Waals surface area (Å²) in [5, 5.41) is 3.32. The minimum Gasteiger partial charge on any atom is -0.497 e. The molecule has 0 spiro atoms. The molecular weight excluding hydrogens is 200 g/mol. The van der Waals surface area contributed by atoms with Crippen LogP contribution in [0.5, 0.6) is 5.75 Å². The van der Waals surface area contributed by atoms with Crippen molar-refractivity contribution in [2.75, 3.05) is 19.0 Å². The number of hydrogen-bond acceptors (Lipinski definition) is 3. The van der Waals surface area contributed by atoms with Gasteiger partial charge in [0, 0.05) is 18.3 Å². The molecule has 0 amide bonds. The van der Waals surface area contributed by atoms with Crippen LogP contribution in [-0.4, -0.2) is 19.7 Å². The molecule has 0 aliphatic carbocycles. The quantitative estimate of drug-likeness (QED) is 0.745. The lowest BCUT2D eigenvalue weighted by Gasteiger charge is -2.13. The third kappa shape index (κ3) is 4.53. The maximum atomic E-state index is 5.98. The van der Waals surface area contributed by atoms with Crippen molar-refractivity contribution in [3.8, 4) is 5.75 Å². The van der Waals surface area contributed by atoms with Gasteiger partial charge in [0.25, 0.3) is 0 Å². The van der Waals surface area contributed by atoms with Gasteiger partial charge < -0.3 is 15.8 Å². The summed E-state index contributed by atoms with van der Waals surface area (Å²) in [6.07, 6.45) is 3.49. The molecule has 1 unspecified atom stereocenters. The Morgan fingerprint density at radius 1 is 1.31 bits per heavy atom. The van der Waals surface area contributed by atoms with Crippen molar-refractivity contribution in [1.29, 1.82) is 0 Å². The lowest BCUT2D eigenvalue weighted by atomic mass is 10.1. The molecule has 0 radical (unpaired) electrons. The first-order valence-corrected chi connectivity index (χ1v) is 5.89. The molecule has 0 aromatic heterocycles. The van der Waals surface area contributed by atoms with Gasteiger partial charge in [0.15, 0.2) is 0 Å². The number of ether oxygens (including phenoxy) is 1. The highest BCUT2D eigenvalue weighted by molar-refractivity contribution is 5.46. The van der Waals surface area contributed by atoms with Crippen molar-refractivity contribution in [3.05, 3.63) is 24.3 Å². The Kier molecular flexibility index (Phi) is 5.72. The van der Waals surface area contributed by atoms with Gasteiger partial charge in [-0.25, -0.2) is 0 Å². The van der Waals surface area contributed by atoms with Crippen LogP contribution < -0.4 is 15.8 Å². The topological polar surface area (TPSA) is 47.3 Å². The van der Waals surface area contributed by atoms with Crippen LogP contribution in [0.25, 0.3) is 0 Å². The lowest BCUT2D eigenvalue weighted by molar-refractivity contribution is 0.415. The predicted molar refractivity (Wildman–Crippen MR) is 69.0 cm³/mol. The molecule has 0 aliphatic heterocycles. The van der Waals surface area contributed by atoms with E-state index in [0.29, 0.717) is 0 Å². The number of methoxy groups -OCH3 is 1. The van der Waals surface area contributed by atoms with E-state index in [4.69, 9.17) is 10.5 Å². The molecule has 0 bridgehead atoms. The Labute approximate surface area is 98.0 Å². The van der Waals surface area contributed by atoms with Gasteiger partial charge in [0.2, 0.25) is 0 Å². The minimum atomic E-state index is 0.238. The monoisotopic (exact) mass is 222 g/mol. The number of anilines is 1. The molecule has 3 heteroatoms. The normalized spacial score (nSPS) is 12.2. The van der Waals surface area contributed by atoms with Gasteiger partial charge in [-0.1, -0.05) is 19.8 Å². The van der Waals surface area contributed by atoms with Crippen LogP contribution in [0.15, 0.2) is 24.3 Å². The van der Waals surface area contributed by atoms with Gasteiger partial charge in [-0.15, -0.1) is 0 Å². The first-order chi connectivity index (χ1) is 7.76. The highest BCUT2D eigenvalue weighted by Gasteiger charge is 2.01. The van der Waals surface area contributed by atoms with E-state index in [0.717, 1.165) is 24.4 Å². The van der Waals surface area contributed by atoms with E-state index in [9.17, 15) is 0 Å². The van der Waals surface area contributed by atoms with E-state index in [1.807, 2.05) is 24.3 Å². The lowest BCUT2D eigenvalue weighted by Crippen LogP contribution is -2.28. The van der Waals surface area contributed by atoms with Crippen molar-refractivity contribution in [3.63, 3.8) is 0 Å². The van der Waals surface area contributed by atoms with Crippen molar-refractivity contribution in [2.45, 2.75) is 32.2 Å². The van der Waals surface area contributed by atoms with Gasteiger partial charge in [0.1, 0.15) is 5.75 Å². The number of unbranched alkanes of at least 4 members (excludes halogenated alkanes) is 1. The van der Waals surface area contributed by atoms with E-state index in [1.54, 1.807) is 7.11 Å². The largest absolute Gasteiger partial charge is 0.497 e. The third-order valence-electron chi connectivity index (χ3n) is 2.59. The molecule has 1 aromatic carbocycles. The highest BCUT2D eigenvalue weighted by Crippen LogP contribution is 2.14. The molecule has 1 atom stereocenters. The Hall–Kier alpha value is -1.22. The van der Waals surface area contributed by atoms with Gasteiger partial charge in [-0.2, -0.15) is 0 Å². The van der Waals surface area contributed by atoms with Gasteiger partial charge in [-0.05, 0) is 30.7 Å². The molecule has 3 nitrogen and oxygen atoms in total. The molecule has 0 aliphatic rings. The smallest absolute Gasteiger partial charge is 0.119 e. The fourth-order valence-corrected chi connectivity index (χ4v) is 1.53. The first-order valence-electron chi connectivity index (χ1n) is 5.89. The van der Waals surface area contributed by atoms with Crippen LogP contribution in [0, 0.1) is 0 Å². The average molecular weight is 222 g/mol. The van der Waals surface area contributed by atoms with E-state index in [2.05, 4.69) is 12.2 Å². The van der Waals surface area contributed by atoms with Crippen molar-refractivity contribution in [1.82, 2.24) is 0 Å². The Morgan fingerprint density at radius 3 is 2.56 bits per heavy atom. The summed E-state index contributed by atoms with van der Waals surface area (Å²) in [4.78, 5) is 0. The average Bonchev–Trinajstić information content (AvgIpc) is 2.34. The Bertz CT molecular complexity index is 284. The third-order valence-corrected chi connectivity index (χ3v) is 2.59. The number of benzene rings is 1. The Balaban J connectivity index is 2.30. The molecular formula is C13H22N2O. The van der Waals surface area contributed by atoms with E-state index >= 15 is 0 Å². The molecule has 1 rings (SSSR count). The van der Waals surface area contributed by atoms with Crippen molar-refractivity contribution < 1.29 is 4.74 Å². The zero-order chi connectivity index (χ0) is 11.8. The predicted octanol–water partition coefficient (Wildman–Crippen LogP) is 2.62. The summed E-state index contributed by atoms with van der Waals surface area (Å²) >= 11 is 0. The summed E-state index contributed by atoms with van der Waals surface area (Å²) < 4.78 is 5.10. The first kappa shape index (κ1) is 12.8. The number of nitrogens with two attached hydrogens (primary N) is 1. The molecule has 16 heavy (non-hydrogen) atoms.